The van der Waals surface area contributed by atoms with Crippen molar-refractivity contribution in [2.45, 2.75) is 6.92 Å². The van der Waals surface area contributed by atoms with Gasteiger partial charge in [-0.1, -0.05) is 23.1 Å². The zero-order chi connectivity index (χ0) is 13.7. The molecule has 0 spiro atoms. The number of aliphatic hydroxyl groups excluding tert-OH is 1. The molecule has 1 amide bonds. The smallest absolute Gasteiger partial charge is 0.256 e. The number of carbonyl (C=O) groups is 1. The highest BCUT2D eigenvalue weighted by molar-refractivity contribution is 6.04. The maximum atomic E-state index is 12.0. The number of anilines is 1. The van der Waals surface area contributed by atoms with Gasteiger partial charge in [0.05, 0.1) is 0 Å². The molecule has 5 nitrogen and oxygen atoms in total. The third kappa shape index (κ3) is 3.21. The largest absolute Gasteiger partial charge is 0.384 e. The van der Waals surface area contributed by atoms with Crippen LogP contribution in [0.2, 0.25) is 0 Å². The summed E-state index contributed by atoms with van der Waals surface area (Å²) in [5, 5.41) is 14.9. The molecule has 5 heteroatoms. The van der Waals surface area contributed by atoms with Crippen molar-refractivity contribution < 1.29 is 14.4 Å². The van der Waals surface area contributed by atoms with E-state index in [2.05, 4.69) is 26.8 Å². The van der Waals surface area contributed by atoms with E-state index in [1.807, 2.05) is 6.92 Å². The maximum Gasteiger partial charge on any atom is 0.256 e. The molecule has 1 aromatic carbocycles. The van der Waals surface area contributed by atoms with Crippen LogP contribution in [0.15, 0.2) is 35.1 Å². The predicted molar refractivity (Wildman–Crippen MR) is 69.6 cm³/mol. The van der Waals surface area contributed by atoms with Crippen molar-refractivity contribution in [1.82, 2.24) is 5.16 Å². The van der Waals surface area contributed by atoms with Crippen LogP contribution >= 0.6 is 0 Å². The minimum atomic E-state index is -0.291. The van der Waals surface area contributed by atoms with Gasteiger partial charge in [-0.25, -0.2) is 0 Å². The first-order valence-corrected chi connectivity index (χ1v) is 5.63. The molecule has 0 aliphatic heterocycles. The molecule has 0 saturated carbocycles. The van der Waals surface area contributed by atoms with Gasteiger partial charge in [-0.05, 0) is 24.6 Å². The number of aryl methyl sites for hydroxylation is 1. The third-order valence-corrected chi connectivity index (χ3v) is 2.48. The van der Waals surface area contributed by atoms with Gasteiger partial charge in [0.15, 0.2) is 5.82 Å². The van der Waals surface area contributed by atoms with Crippen LogP contribution in [0.3, 0.4) is 0 Å². The highest BCUT2D eigenvalue weighted by Gasteiger charge is 2.09. The Hall–Kier alpha value is -2.58. The molecule has 0 aliphatic carbocycles. The van der Waals surface area contributed by atoms with Crippen LogP contribution in [0.1, 0.15) is 21.5 Å². The van der Waals surface area contributed by atoms with Gasteiger partial charge in [0.1, 0.15) is 12.9 Å². The number of aliphatic hydroxyl groups is 1. The molecule has 19 heavy (non-hydrogen) atoms. The summed E-state index contributed by atoms with van der Waals surface area (Å²) in [5.41, 5.74) is 2.12. The van der Waals surface area contributed by atoms with Crippen molar-refractivity contribution in [2.75, 3.05) is 11.9 Å². The number of amides is 1. The van der Waals surface area contributed by atoms with Gasteiger partial charge in [0.2, 0.25) is 0 Å². The second-order valence-electron chi connectivity index (χ2n) is 3.83. The Morgan fingerprint density at radius 1 is 1.47 bits per heavy atom. The molecule has 1 heterocycles. The van der Waals surface area contributed by atoms with Crippen LogP contribution in [0.4, 0.5) is 5.82 Å². The summed E-state index contributed by atoms with van der Waals surface area (Å²) in [7, 11) is 0. The molecule has 0 saturated heterocycles. The molecule has 0 radical (unpaired) electrons. The zero-order valence-electron chi connectivity index (χ0n) is 10.3. The minimum Gasteiger partial charge on any atom is -0.384 e. The summed E-state index contributed by atoms with van der Waals surface area (Å²) in [6, 6.07) is 6.74. The fourth-order valence-corrected chi connectivity index (χ4v) is 1.50. The van der Waals surface area contributed by atoms with Gasteiger partial charge in [-0.2, -0.15) is 0 Å². The fourth-order valence-electron chi connectivity index (χ4n) is 1.50. The third-order valence-electron chi connectivity index (χ3n) is 2.48. The molecule has 1 aromatic heterocycles. The average Bonchev–Trinajstić information content (AvgIpc) is 2.90. The Balaban J connectivity index is 2.22. The second-order valence-corrected chi connectivity index (χ2v) is 3.83. The van der Waals surface area contributed by atoms with Crippen LogP contribution in [-0.4, -0.2) is 22.8 Å². The van der Waals surface area contributed by atoms with E-state index in [1.165, 1.54) is 6.26 Å². The first-order valence-electron chi connectivity index (χ1n) is 5.63. The van der Waals surface area contributed by atoms with Crippen molar-refractivity contribution in [3.05, 3.63) is 47.2 Å². The predicted octanol–water partition coefficient (Wildman–Crippen LogP) is 1.58. The maximum absolute atomic E-state index is 12.0. The number of nitrogens with zero attached hydrogens (tertiary/aromatic N) is 1. The summed E-state index contributed by atoms with van der Waals surface area (Å²) in [6.07, 6.45) is 1.38. The van der Waals surface area contributed by atoms with Crippen molar-refractivity contribution in [3.63, 3.8) is 0 Å². The van der Waals surface area contributed by atoms with E-state index in [0.29, 0.717) is 16.9 Å². The lowest BCUT2D eigenvalue weighted by Crippen LogP contribution is -2.12. The fraction of sp³-hybridized carbons (Fsp3) is 0.143. The lowest BCUT2D eigenvalue weighted by molar-refractivity contribution is 0.102. The summed E-state index contributed by atoms with van der Waals surface area (Å²) in [4.78, 5) is 12.0. The lowest BCUT2D eigenvalue weighted by atomic mass is 10.0. The van der Waals surface area contributed by atoms with Crippen molar-refractivity contribution in [1.29, 1.82) is 0 Å². The van der Waals surface area contributed by atoms with Crippen molar-refractivity contribution in [3.8, 4) is 11.8 Å². The van der Waals surface area contributed by atoms with Crippen LogP contribution < -0.4 is 5.32 Å². The second kappa shape index (κ2) is 5.85. The van der Waals surface area contributed by atoms with E-state index >= 15 is 0 Å². The molecular weight excluding hydrogens is 244 g/mol. The van der Waals surface area contributed by atoms with E-state index in [4.69, 9.17) is 5.11 Å². The molecule has 0 unspecified atom stereocenters. The number of rotatable bonds is 2. The molecule has 2 N–H and O–H groups in total. The van der Waals surface area contributed by atoms with Crippen LogP contribution in [-0.2, 0) is 0 Å². The van der Waals surface area contributed by atoms with Crippen LogP contribution in [0, 0.1) is 18.8 Å². The Morgan fingerprint density at radius 3 is 3.00 bits per heavy atom. The number of benzene rings is 1. The van der Waals surface area contributed by atoms with Gasteiger partial charge in [-0.15, -0.1) is 0 Å². The number of hydrogen-bond donors (Lipinski definition) is 2. The highest BCUT2D eigenvalue weighted by atomic mass is 16.5. The van der Waals surface area contributed by atoms with Gasteiger partial charge in [-0.3, -0.25) is 4.79 Å². The first kappa shape index (κ1) is 12.9. The first-order chi connectivity index (χ1) is 9.20. The molecule has 2 rings (SSSR count). The quantitative estimate of drug-likeness (QED) is 0.800. The van der Waals surface area contributed by atoms with Crippen molar-refractivity contribution >= 4 is 11.7 Å². The zero-order valence-corrected chi connectivity index (χ0v) is 10.3. The Bertz CT molecular complexity index is 636. The van der Waals surface area contributed by atoms with E-state index in [9.17, 15) is 4.79 Å². The van der Waals surface area contributed by atoms with Gasteiger partial charge in [0, 0.05) is 17.2 Å². The molecule has 0 aliphatic rings. The Kier molecular flexibility index (Phi) is 3.96. The number of aromatic nitrogens is 1. The molecular formula is C14H12N2O3. The number of hydrogen-bond acceptors (Lipinski definition) is 4. The summed E-state index contributed by atoms with van der Waals surface area (Å²) in [6.45, 7) is 1.68. The number of carbonyl (C=O) groups excluding carboxylic acids is 1. The topological polar surface area (TPSA) is 75.4 Å². The molecule has 0 fully saturated rings. The Labute approximate surface area is 110 Å². The van der Waals surface area contributed by atoms with Crippen molar-refractivity contribution in [2.24, 2.45) is 0 Å². The average molecular weight is 256 g/mol. The van der Waals surface area contributed by atoms with E-state index in [1.54, 1.807) is 24.3 Å². The lowest BCUT2D eigenvalue weighted by Gasteiger charge is -2.04. The van der Waals surface area contributed by atoms with E-state index < -0.39 is 0 Å². The summed E-state index contributed by atoms with van der Waals surface area (Å²) < 4.78 is 4.63. The highest BCUT2D eigenvalue weighted by Crippen LogP contribution is 2.12. The molecule has 2 aromatic rings. The standard InChI is InChI=1S/C14H12N2O3/c1-10-4-5-12(9-11(10)3-2-7-17)14(18)15-13-6-8-19-16-13/h4-6,8-9,17H,7H2,1H3,(H,15,16,18). The summed E-state index contributed by atoms with van der Waals surface area (Å²) >= 11 is 0. The van der Waals surface area contributed by atoms with Gasteiger partial charge >= 0.3 is 0 Å². The van der Waals surface area contributed by atoms with E-state index in [-0.39, 0.29) is 12.5 Å². The molecule has 0 bridgehead atoms. The van der Waals surface area contributed by atoms with E-state index in [0.717, 1.165) is 5.56 Å². The number of nitrogens with one attached hydrogen (secondary N) is 1. The normalized spacial score (nSPS) is 9.58. The van der Waals surface area contributed by atoms with Gasteiger partial charge in [0.25, 0.3) is 5.91 Å². The van der Waals surface area contributed by atoms with Gasteiger partial charge < -0.3 is 14.9 Å². The minimum absolute atomic E-state index is 0.213. The summed E-state index contributed by atoms with van der Waals surface area (Å²) in [5.74, 6) is 5.43. The van der Waals surface area contributed by atoms with Crippen LogP contribution in [0.25, 0.3) is 0 Å². The molecule has 0 atom stereocenters. The Morgan fingerprint density at radius 2 is 2.32 bits per heavy atom. The van der Waals surface area contributed by atoms with Crippen LogP contribution in [0.5, 0.6) is 0 Å². The SMILES string of the molecule is Cc1ccc(C(=O)Nc2ccon2)cc1C#CCO. The monoisotopic (exact) mass is 256 g/mol. The molecule has 96 valence electrons.